The van der Waals surface area contributed by atoms with Gasteiger partial charge < -0.3 is 0 Å². The van der Waals surface area contributed by atoms with Gasteiger partial charge in [0.05, 0.1) is 0 Å². The number of fused-ring (bicyclic) bond motifs is 1. The van der Waals surface area contributed by atoms with E-state index in [2.05, 4.69) is 11.9 Å². The minimum atomic E-state index is -0.235. The van der Waals surface area contributed by atoms with Crippen molar-refractivity contribution >= 4 is 17.3 Å². The second kappa shape index (κ2) is 4.38. The molecule has 0 aromatic heterocycles. The number of hydrogen-bond donors (Lipinski definition) is 0. The third-order valence-corrected chi connectivity index (χ3v) is 3.09. The van der Waals surface area contributed by atoms with Crippen LogP contribution in [0, 0.1) is 5.82 Å². The Bertz CT molecular complexity index is 477. The molecule has 0 N–H and O–H groups in total. The molecule has 0 saturated carbocycles. The van der Waals surface area contributed by atoms with E-state index >= 15 is 0 Å². The van der Waals surface area contributed by atoms with Gasteiger partial charge in [0, 0.05) is 11.3 Å². The molecule has 1 nitrogen and oxygen atoms in total. The number of nitrogens with zero attached hydrogens (tertiary/aromatic N) is 1. The zero-order chi connectivity index (χ0) is 11.7. The number of halogens is 2. The molecule has 3 heteroatoms. The van der Waals surface area contributed by atoms with Crippen LogP contribution < -0.4 is 0 Å². The zero-order valence-electron chi connectivity index (χ0n) is 9.30. The molecule has 1 unspecified atom stereocenters. The van der Waals surface area contributed by atoms with E-state index in [4.69, 9.17) is 11.6 Å². The van der Waals surface area contributed by atoms with Gasteiger partial charge in [-0.05, 0) is 43.0 Å². The fraction of sp³-hybridized carbons (Fsp3) is 0.308. The molecule has 16 heavy (non-hydrogen) atoms. The Morgan fingerprint density at radius 3 is 2.94 bits per heavy atom. The van der Waals surface area contributed by atoms with Crippen LogP contribution in [0.4, 0.5) is 4.39 Å². The van der Waals surface area contributed by atoms with Crippen LogP contribution in [0.3, 0.4) is 0 Å². The van der Waals surface area contributed by atoms with Gasteiger partial charge in [0.15, 0.2) is 0 Å². The van der Waals surface area contributed by atoms with E-state index in [1.54, 1.807) is 0 Å². The second-order valence-corrected chi connectivity index (χ2v) is 4.48. The fourth-order valence-electron chi connectivity index (χ4n) is 1.94. The average molecular weight is 238 g/mol. The predicted molar refractivity (Wildman–Crippen MR) is 65.6 cm³/mol. The van der Waals surface area contributed by atoms with Gasteiger partial charge in [0.2, 0.25) is 0 Å². The van der Waals surface area contributed by atoms with Crippen molar-refractivity contribution in [3.05, 3.63) is 46.4 Å². The Kier molecular flexibility index (Phi) is 3.10. The van der Waals surface area contributed by atoms with Crippen molar-refractivity contribution in [1.82, 2.24) is 0 Å². The van der Waals surface area contributed by atoms with Crippen molar-refractivity contribution < 1.29 is 4.39 Å². The maximum atomic E-state index is 13.2. The van der Waals surface area contributed by atoms with E-state index in [1.165, 1.54) is 12.1 Å². The normalized spacial score (nSPS) is 26.9. The van der Waals surface area contributed by atoms with Crippen LogP contribution in [0.15, 0.2) is 34.4 Å². The number of benzene rings is 1. The van der Waals surface area contributed by atoms with Crippen LogP contribution in [0.25, 0.3) is 0 Å². The van der Waals surface area contributed by atoms with E-state index in [-0.39, 0.29) is 5.82 Å². The lowest BCUT2D eigenvalue weighted by molar-refractivity contribution is 0.625. The summed E-state index contributed by atoms with van der Waals surface area (Å²) >= 11 is 5.94. The number of hydrogen-bond acceptors (Lipinski definition) is 1. The fourth-order valence-corrected chi connectivity index (χ4v) is 2.15. The average Bonchev–Trinajstić information content (AvgIpc) is 2.24. The number of allylic oxidation sites excluding steroid dienone is 1. The molecule has 0 fully saturated rings. The molecule has 2 rings (SSSR count). The van der Waals surface area contributed by atoms with Gasteiger partial charge in [-0.15, -0.1) is 0 Å². The topological polar surface area (TPSA) is 12.4 Å². The molecule has 0 amide bonds. The van der Waals surface area contributed by atoms with Crippen molar-refractivity contribution in [3.8, 4) is 0 Å². The maximum absolute atomic E-state index is 13.2. The SMILES string of the molecule is C/C1=N/C(Cl)=C/CC(C)c2ccc(F)cc21. The van der Waals surface area contributed by atoms with Crippen molar-refractivity contribution in [1.29, 1.82) is 0 Å². The quantitative estimate of drug-likeness (QED) is 0.599. The Balaban J connectivity index is 2.61. The van der Waals surface area contributed by atoms with Crippen LogP contribution in [0.5, 0.6) is 0 Å². The highest BCUT2D eigenvalue weighted by molar-refractivity contribution is 6.30. The Hall–Kier alpha value is -1.15. The summed E-state index contributed by atoms with van der Waals surface area (Å²) in [5.74, 6) is 0.0935. The van der Waals surface area contributed by atoms with Gasteiger partial charge in [-0.25, -0.2) is 9.38 Å². The van der Waals surface area contributed by atoms with Gasteiger partial charge in [-0.2, -0.15) is 0 Å². The molecule has 1 heterocycles. The first-order valence-electron chi connectivity index (χ1n) is 5.28. The van der Waals surface area contributed by atoms with Crippen molar-refractivity contribution in [2.24, 2.45) is 4.99 Å². The molecule has 1 aromatic carbocycles. The third-order valence-electron chi connectivity index (χ3n) is 2.85. The lowest BCUT2D eigenvalue weighted by Gasteiger charge is -2.17. The monoisotopic (exact) mass is 237 g/mol. The van der Waals surface area contributed by atoms with E-state index in [1.807, 2.05) is 19.1 Å². The van der Waals surface area contributed by atoms with Crippen LogP contribution >= 0.6 is 11.6 Å². The summed E-state index contributed by atoms with van der Waals surface area (Å²) in [6.45, 7) is 3.96. The van der Waals surface area contributed by atoms with E-state index in [0.717, 1.165) is 23.3 Å². The summed E-state index contributed by atoms with van der Waals surface area (Å²) in [4.78, 5) is 4.23. The molecule has 0 spiro atoms. The molecule has 84 valence electrons. The summed E-state index contributed by atoms with van der Waals surface area (Å²) < 4.78 is 13.2. The number of rotatable bonds is 0. The first kappa shape index (κ1) is 11.3. The summed E-state index contributed by atoms with van der Waals surface area (Å²) in [5.41, 5.74) is 2.75. The largest absolute Gasteiger partial charge is 0.241 e. The Morgan fingerprint density at radius 1 is 1.44 bits per heavy atom. The van der Waals surface area contributed by atoms with Gasteiger partial charge >= 0.3 is 0 Å². The van der Waals surface area contributed by atoms with E-state index in [9.17, 15) is 4.39 Å². The number of aliphatic imine (C=N–C) groups is 1. The third kappa shape index (κ3) is 2.17. The minimum Gasteiger partial charge on any atom is -0.241 e. The molecule has 0 radical (unpaired) electrons. The van der Waals surface area contributed by atoms with Crippen LogP contribution in [-0.2, 0) is 0 Å². The first-order valence-corrected chi connectivity index (χ1v) is 5.66. The van der Waals surface area contributed by atoms with Gasteiger partial charge in [0.1, 0.15) is 11.0 Å². The summed E-state index contributed by atoms with van der Waals surface area (Å²) in [7, 11) is 0. The van der Waals surface area contributed by atoms with Crippen LogP contribution in [-0.4, -0.2) is 5.71 Å². The molecule has 1 aromatic rings. The van der Waals surface area contributed by atoms with Gasteiger partial charge in [0.25, 0.3) is 0 Å². The minimum absolute atomic E-state index is 0.235. The maximum Gasteiger partial charge on any atom is 0.125 e. The highest BCUT2D eigenvalue weighted by Crippen LogP contribution is 2.28. The Labute approximate surface area is 99.7 Å². The molecular weight excluding hydrogens is 225 g/mol. The molecule has 1 aliphatic rings. The van der Waals surface area contributed by atoms with Crippen molar-refractivity contribution in [2.75, 3.05) is 0 Å². The molecule has 0 bridgehead atoms. The predicted octanol–water partition coefficient (Wildman–Crippen LogP) is 4.22. The van der Waals surface area contributed by atoms with Crippen LogP contribution in [0.1, 0.15) is 37.3 Å². The molecule has 0 aliphatic carbocycles. The van der Waals surface area contributed by atoms with Gasteiger partial charge in [-0.3, -0.25) is 0 Å². The standard InChI is InChI=1S/C13H13ClFN/c1-8-3-6-13(14)16-9(2)12-7-10(15)4-5-11(8)12/h4-8H,3H2,1-2H3/b13-6+,16-9-. The second-order valence-electron chi connectivity index (χ2n) is 4.09. The van der Waals surface area contributed by atoms with Crippen LogP contribution in [0.2, 0.25) is 0 Å². The lowest BCUT2D eigenvalue weighted by Crippen LogP contribution is -2.07. The van der Waals surface area contributed by atoms with Crippen molar-refractivity contribution in [2.45, 2.75) is 26.2 Å². The molecular formula is C13H13ClFN. The first-order chi connectivity index (χ1) is 7.58. The molecule has 1 aliphatic heterocycles. The lowest BCUT2D eigenvalue weighted by atomic mass is 9.90. The highest BCUT2D eigenvalue weighted by atomic mass is 35.5. The smallest absolute Gasteiger partial charge is 0.125 e. The van der Waals surface area contributed by atoms with Crippen molar-refractivity contribution in [3.63, 3.8) is 0 Å². The van der Waals surface area contributed by atoms with E-state index < -0.39 is 0 Å². The summed E-state index contributed by atoms with van der Waals surface area (Å²) in [5, 5.41) is 0.485. The van der Waals surface area contributed by atoms with Gasteiger partial charge in [-0.1, -0.05) is 24.6 Å². The molecule has 0 saturated heterocycles. The summed E-state index contributed by atoms with van der Waals surface area (Å²) in [6.07, 6.45) is 2.73. The highest BCUT2D eigenvalue weighted by Gasteiger charge is 2.15. The summed E-state index contributed by atoms with van der Waals surface area (Å²) in [6, 6.07) is 4.86. The van der Waals surface area contributed by atoms with E-state index in [0.29, 0.717) is 11.1 Å². The zero-order valence-corrected chi connectivity index (χ0v) is 10.1. The molecule has 1 atom stereocenters. The Morgan fingerprint density at radius 2 is 2.19 bits per heavy atom.